The molecule has 0 radical (unpaired) electrons. The Morgan fingerprint density at radius 3 is 2.26 bits per heavy atom. The molecule has 1 saturated carbocycles. The predicted octanol–water partition coefficient (Wildman–Crippen LogP) is 3.30. The number of rotatable bonds is 8. The van der Waals surface area contributed by atoms with E-state index in [-0.39, 0.29) is 30.9 Å². The lowest BCUT2D eigenvalue weighted by molar-refractivity contribution is -0.148. The summed E-state index contributed by atoms with van der Waals surface area (Å²) in [6.45, 7) is 0.659. The second-order valence-electron chi connectivity index (χ2n) is 9.54. The number of fused-ring (bicyclic) bond motifs is 3. The zero-order chi connectivity index (χ0) is 24.4. The number of benzene rings is 2. The molecule has 2 aromatic rings. The zero-order valence-corrected chi connectivity index (χ0v) is 19.4. The van der Waals surface area contributed by atoms with E-state index in [0.29, 0.717) is 13.0 Å². The lowest BCUT2D eigenvalue weighted by Crippen LogP contribution is -2.50. The van der Waals surface area contributed by atoms with Crippen LogP contribution in [0.5, 0.6) is 0 Å². The van der Waals surface area contributed by atoms with Gasteiger partial charge in [0.25, 0.3) is 0 Å². The van der Waals surface area contributed by atoms with Crippen molar-refractivity contribution in [1.29, 1.82) is 0 Å². The number of hydrogen-bond acceptors (Lipinski definition) is 5. The number of amides is 2. The summed E-state index contributed by atoms with van der Waals surface area (Å²) in [7, 11) is 0. The van der Waals surface area contributed by atoms with Gasteiger partial charge in [-0.2, -0.15) is 0 Å². The van der Waals surface area contributed by atoms with E-state index in [1.165, 1.54) is 0 Å². The van der Waals surface area contributed by atoms with Gasteiger partial charge in [-0.05, 0) is 47.4 Å². The molecular formula is C27H30N2O6. The number of carboxylic acid groups (broad SMARTS) is 1. The second kappa shape index (κ2) is 10.1. The minimum absolute atomic E-state index is 0.0332. The lowest BCUT2D eigenvalue weighted by atomic mass is 9.75. The molecule has 2 aliphatic carbocycles. The maximum Gasteiger partial charge on any atom is 0.407 e. The van der Waals surface area contributed by atoms with Gasteiger partial charge >= 0.3 is 12.1 Å². The summed E-state index contributed by atoms with van der Waals surface area (Å²) in [6, 6.07) is 15.7. The van der Waals surface area contributed by atoms with Crippen LogP contribution >= 0.6 is 0 Å². The Labute approximate surface area is 204 Å². The third kappa shape index (κ3) is 4.75. The molecule has 184 valence electrons. The van der Waals surface area contributed by atoms with Crippen LogP contribution in [0.4, 0.5) is 4.79 Å². The van der Waals surface area contributed by atoms with Crippen molar-refractivity contribution < 1.29 is 29.0 Å². The summed E-state index contributed by atoms with van der Waals surface area (Å²) >= 11 is 0. The number of carbonyl (C=O) groups is 3. The van der Waals surface area contributed by atoms with E-state index in [0.717, 1.165) is 41.5 Å². The SMILES string of the molecule is O=C(NCC(C(=O)N[C@H]1CCO[C@H]1C(=O)O)C1CCC1)OCC1c2ccccc2-c2ccccc21. The van der Waals surface area contributed by atoms with Gasteiger partial charge in [-0.25, -0.2) is 9.59 Å². The normalized spacial score (nSPS) is 21.9. The smallest absolute Gasteiger partial charge is 0.407 e. The summed E-state index contributed by atoms with van der Waals surface area (Å²) in [5.41, 5.74) is 4.60. The van der Waals surface area contributed by atoms with Crippen molar-refractivity contribution in [3.63, 3.8) is 0 Å². The predicted molar refractivity (Wildman–Crippen MR) is 128 cm³/mol. The standard InChI is InChI=1S/C27H30N2O6/c30-25(29-23-12-13-34-24(23)26(31)32)21(16-6-5-7-16)14-28-27(33)35-15-22-19-10-3-1-8-17(19)18-9-2-4-11-20(18)22/h1-4,8-11,16,21-24H,5-7,12-15H2,(H,28,33)(H,29,30)(H,31,32)/t21?,23-,24+/m0/s1. The maximum atomic E-state index is 13.0. The Balaban J connectivity index is 1.18. The molecule has 1 saturated heterocycles. The number of ether oxygens (including phenoxy) is 2. The first kappa shape index (κ1) is 23.4. The van der Waals surface area contributed by atoms with Gasteiger partial charge in [-0.15, -0.1) is 0 Å². The number of carbonyl (C=O) groups excluding carboxylic acids is 2. The van der Waals surface area contributed by atoms with E-state index >= 15 is 0 Å². The third-order valence-electron chi connectivity index (χ3n) is 7.53. The van der Waals surface area contributed by atoms with Crippen molar-refractivity contribution >= 4 is 18.0 Å². The second-order valence-corrected chi connectivity index (χ2v) is 9.54. The van der Waals surface area contributed by atoms with Crippen LogP contribution in [-0.2, 0) is 19.1 Å². The van der Waals surface area contributed by atoms with Gasteiger partial charge < -0.3 is 25.2 Å². The molecule has 1 unspecified atom stereocenters. The van der Waals surface area contributed by atoms with Crippen molar-refractivity contribution in [3.05, 3.63) is 59.7 Å². The lowest BCUT2D eigenvalue weighted by Gasteiger charge is -2.33. The van der Waals surface area contributed by atoms with E-state index in [1.807, 2.05) is 24.3 Å². The van der Waals surface area contributed by atoms with Gasteiger partial charge in [0.1, 0.15) is 6.61 Å². The van der Waals surface area contributed by atoms with Crippen LogP contribution < -0.4 is 10.6 Å². The van der Waals surface area contributed by atoms with E-state index in [2.05, 4.69) is 34.9 Å². The van der Waals surface area contributed by atoms with Crippen LogP contribution in [0.3, 0.4) is 0 Å². The van der Waals surface area contributed by atoms with Crippen molar-refractivity contribution in [2.24, 2.45) is 11.8 Å². The van der Waals surface area contributed by atoms with E-state index in [4.69, 9.17) is 9.47 Å². The van der Waals surface area contributed by atoms with Gasteiger partial charge in [-0.1, -0.05) is 55.0 Å². The molecular weight excluding hydrogens is 448 g/mol. The molecule has 35 heavy (non-hydrogen) atoms. The Bertz CT molecular complexity index is 1070. The fourth-order valence-corrected chi connectivity index (χ4v) is 5.43. The monoisotopic (exact) mass is 478 g/mol. The molecule has 1 heterocycles. The molecule has 3 N–H and O–H groups in total. The van der Waals surface area contributed by atoms with Crippen LogP contribution in [0.2, 0.25) is 0 Å². The van der Waals surface area contributed by atoms with Gasteiger partial charge in [-0.3, -0.25) is 4.79 Å². The molecule has 1 aliphatic heterocycles. The fraction of sp³-hybridized carbons (Fsp3) is 0.444. The van der Waals surface area contributed by atoms with Crippen LogP contribution in [0.1, 0.15) is 42.7 Å². The van der Waals surface area contributed by atoms with E-state index < -0.39 is 30.1 Å². The molecule has 3 atom stereocenters. The molecule has 0 bridgehead atoms. The average Bonchev–Trinajstić information content (AvgIpc) is 3.41. The fourth-order valence-electron chi connectivity index (χ4n) is 5.43. The minimum Gasteiger partial charge on any atom is -0.479 e. The Morgan fingerprint density at radius 1 is 1.00 bits per heavy atom. The Hall–Kier alpha value is -3.39. The summed E-state index contributed by atoms with van der Waals surface area (Å²) < 4.78 is 10.8. The Morgan fingerprint density at radius 2 is 1.66 bits per heavy atom. The number of aliphatic carboxylic acids is 1. The number of hydrogen-bond donors (Lipinski definition) is 3. The molecule has 2 aromatic carbocycles. The first-order valence-corrected chi connectivity index (χ1v) is 12.3. The molecule has 8 heteroatoms. The molecule has 8 nitrogen and oxygen atoms in total. The quantitative estimate of drug-likeness (QED) is 0.537. The summed E-state index contributed by atoms with van der Waals surface area (Å²) in [4.78, 5) is 37.0. The number of nitrogens with one attached hydrogen (secondary N) is 2. The highest BCUT2D eigenvalue weighted by atomic mass is 16.5. The highest BCUT2D eigenvalue weighted by Gasteiger charge is 2.39. The topological polar surface area (TPSA) is 114 Å². The highest BCUT2D eigenvalue weighted by Crippen LogP contribution is 2.44. The van der Waals surface area contributed by atoms with Gasteiger partial charge in [0.05, 0.1) is 12.0 Å². The van der Waals surface area contributed by atoms with Gasteiger partial charge in [0.2, 0.25) is 5.91 Å². The van der Waals surface area contributed by atoms with Crippen LogP contribution in [0.15, 0.2) is 48.5 Å². The Kier molecular flexibility index (Phi) is 6.72. The van der Waals surface area contributed by atoms with Crippen LogP contribution in [0, 0.1) is 11.8 Å². The molecule has 2 fully saturated rings. The first-order valence-electron chi connectivity index (χ1n) is 12.3. The first-order chi connectivity index (χ1) is 17.0. The summed E-state index contributed by atoms with van der Waals surface area (Å²) in [5.74, 6) is -1.62. The molecule has 2 amide bonds. The summed E-state index contributed by atoms with van der Waals surface area (Å²) in [6.07, 6.45) is 1.73. The zero-order valence-electron chi connectivity index (χ0n) is 19.4. The van der Waals surface area contributed by atoms with Crippen molar-refractivity contribution in [3.8, 4) is 11.1 Å². The third-order valence-corrected chi connectivity index (χ3v) is 7.53. The van der Waals surface area contributed by atoms with Crippen LogP contribution in [-0.4, -0.2) is 55.0 Å². The minimum atomic E-state index is -1.08. The van der Waals surface area contributed by atoms with E-state index in [9.17, 15) is 19.5 Å². The molecule has 5 rings (SSSR count). The molecule has 3 aliphatic rings. The van der Waals surface area contributed by atoms with Gasteiger partial charge in [0, 0.05) is 19.1 Å². The van der Waals surface area contributed by atoms with E-state index in [1.54, 1.807) is 0 Å². The maximum absolute atomic E-state index is 13.0. The number of alkyl carbamates (subject to hydrolysis) is 1. The molecule has 0 spiro atoms. The molecule has 0 aromatic heterocycles. The van der Waals surface area contributed by atoms with Crippen molar-refractivity contribution in [1.82, 2.24) is 10.6 Å². The number of carboxylic acids is 1. The average molecular weight is 479 g/mol. The van der Waals surface area contributed by atoms with Crippen LogP contribution in [0.25, 0.3) is 11.1 Å². The highest BCUT2D eigenvalue weighted by molar-refractivity contribution is 5.82. The van der Waals surface area contributed by atoms with Gasteiger partial charge in [0.15, 0.2) is 6.10 Å². The van der Waals surface area contributed by atoms with Crippen molar-refractivity contribution in [2.75, 3.05) is 19.8 Å². The largest absolute Gasteiger partial charge is 0.479 e. The van der Waals surface area contributed by atoms with Crippen molar-refractivity contribution in [2.45, 2.75) is 43.7 Å². The summed E-state index contributed by atoms with van der Waals surface area (Å²) in [5, 5.41) is 14.9.